The predicted octanol–water partition coefficient (Wildman–Crippen LogP) is 2.95. The number of hydrazine groups is 1. The summed E-state index contributed by atoms with van der Waals surface area (Å²) in [4.78, 5) is 12.3. The van der Waals surface area contributed by atoms with Gasteiger partial charge in [0.25, 0.3) is 5.91 Å². The molecule has 0 aliphatic carbocycles. The van der Waals surface area contributed by atoms with Crippen molar-refractivity contribution in [1.29, 1.82) is 0 Å². The summed E-state index contributed by atoms with van der Waals surface area (Å²) in [7, 11) is 0. The molecule has 1 aromatic carbocycles. The van der Waals surface area contributed by atoms with Gasteiger partial charge in [0, 0.05) is 0 Å². The molecule has 0 atom stereocenters. The Balaban J connectivity index is 2.02. The number of amides is 1. The third-order valence-corrected chi connectivity index (χ3v) is 3.27. The smallest absolute Gasteiger partial charge is 0.279 e. The molecule has 1 heterocycles. The monoisotopic (exact) mass is 250 g/mol. The van der Waals surface area contributed by atoms with E-state index in [0.717, 1.165) is 5.56 Å². The van der Waals surface area contributed by atoms with Crippen LogP contribution in [0.15, 0.2) is 35.7 Å². The third-order valence-electron chi connectivity index (χ3n) is 2.25. The van der Waals surface area contributed by atoms with Gasteiger partial charge in [-0.25, -0.2) is 4.39 Å². The Morgan fingerprint density at radius 3 is 2.71 bits per heavy atom. The quantitative estimate of drug-likeness (QED) is 0.822. The van der Waals surface area contributed by atoms with Crippen molar-refractivity contribution in [2.45, 2.75) is 6.92 Å². The molecular weight excluding hydrogens is 239 g/mol. The van der Waals surface area contributed by atoms with Crippen LogP contribution in [0.25, 0.3) is 0 Å². The Bertz CT molecular complexity index is 539. The minimum absolute atomic E-state index is 0.245. The van der Waals surface area contributed by atoms with Crippen molar-refractivity contribution in [2.75, 3.05) is 5.43 Å². The summed E-state index contributed by atoms with van der Waals surface area (Å²) in [5.74, 6) is -0.670. The van der Waals surface area contributed by atoms with Crippen molar-refractivity contribution in [3.05, 3.63) is 52.0 Å². The lowest BCUT2D eigenvalue weighted by molar-refractivity contribution is 0.0966. The van der Waals surface area contributed by atoms with E-state index in [4.69, 9.17) is 0 Å². The van der Waals surface area contributed by atoms with Crippen LogP contribution in [-0.4, -0.2) is 5.91 Å². The molecule has 1 aromatic heterocycles. The molecule has 3 nitrogen and oxygen atoms in total. The fraction of sp³-hybridized carbons (Fsp3) is 0.0833. The molecule has 1 amide bonds. The number of rotatable bonds is 3. The fourth-order valence-electron chi connectivity index (χ4n) is 1.35. The van der Waals surface area contributed by atoms with Crippen molar-refractivity contribution in [2.24, 2.45) is 0 Å². The number of thiophene rings is 1. The maximum atomic E-state index is 13.3. The lowest BCUT2D eigenvalue weighted by Gasteiger charge is -2.08. The Hall–Kier alpha value is -1.88. The van der Waals surface area contributed by atoms with Crippen LogP contribution in [0.4, 0.5) is 10.1 Å². The number of benzene rings is 1. The van der Waals surface area contributed by atoms with Gasteiger partial charge in [0.15, 0.2) is 0 Å². The highest BCUT2D eigenvalue weighted by molar-refractivity contribution is 7.12. The van der Waals surface area contributed by atoms with E-state index in [1.807, 2.05) is 18.4 Å². The lowest BCUT2D eigenvalue weighted by atomic mass is 10.3. The predicted molar refractivity (Wildman–Crippen MR) is 66.5 cm³/mol. The summed E-state index contributed by atoms with van der Waals surface area (Å²) in [6, 6.07) is 8.02. The lowest BCUT2D eigenvalue weighted by Crippen LogP contribution is -2.29. The fourth-order valence-corrected chi connectivity index (χ4v) is 2.17. The summed E-state index contributed by atoms with van der Waals surface area (Å²) in [6.45, 7) is 1.86. The van der Waals surface area contributed by atoms with Crippen molar-refractivity contribution in [1.82, 2.24) is 5.43 Å². The zero-order valence-corrected chi connectivity index (χ0v) is 9.98. The molecule has 0 radical (unpaired) electrons. The highest BCUT2D eigenvalue weighted by Crippen LogP contribution is 2.16. The highest BCUT2D eigenvalue weighted by Gasteiger charge is 2.10. The number of hydrogen-bond donors (Lipinski definition) is 2. The van der Waals surface area contributed by atoms with Crippen LogP contribution in [0.1, 0.15) is 15.2 Å². The van der Waals surface area contributed by atoms with Crippen molar-refractivity contribution in [3.8, 4) is 0 Å². The van der Waals surface area contributed by atoms with Gasteiger partial charge in [-0.15, -0.1) is 11.3 Å². The number of anilines is 1. The number of aryl methyl sites for hydroxylation is 1. The molecule has 2 rings (SSSR count). The Kier molecular flexibility index (Phi) is 3.39. The van der Waals surface area contributed by atoms with E-state index in [1.165, 1.54) is 17.4 Å². The minimum Gasteiger partial charge on any atom is -0.295 e. The molecule has 0 aliphatic heterocycles. The van der Waals surface area contributed by atoms with E-state index in [9.17, 15) is 9.18 Å². The van der Waals surface area contributed by atoms with Crippen molar-refractivity contribution >= 4 is 22.9 Å². The highest BCUT2D eigenvalue weighted by atomic mass is 32.1. The first-order valence-electron chi connectivity index (χ1n) is 5.03. The number of para-hydroxylation sites is 1. The Morgan fingerprint density at radius 1 is 1.29 bits per heavy atom. The molecule has 0 unspecified atom stereocenters. The standard InChI is InChI=1S/C12H11FN2OS/c1-8-6-7-17-11(8)12(16)15-14-10-5-3-2-4-9(10)13/h2-7,14H,1H3,(H,15,16). The minimum atomic E-state index is -0.407. The topological polar surface area (TPSA) is 41.1 Å². The number of carbonyl (C=O) groups excluding carboxylic acids is 1. The van der Waals surface area contributed by atoms with Gasteiger partial charge in [-0.1, -0.05) is 12.1 Å². The van der Waals surface area contributed by atoms with Gasteiger partial charge < -0.3 is 0 Å². The molecular formula is C12H11FN2OS. The first kappa shape index (κ1) is 11.6. The third kappa shape index (κ3) is 2.62. The van der Waals surface area contributed by atoms with Gasteiger partial charge >= 0.3 is 0 Å². The van der Waals surface area contributed by atoms with Gasteiger partial charge in [-0.05, 0) is 36.1 Å². The number of hydrogen-bond acceptors (Lipinski definition) is 3. The molecule has 0 bridgehead atoms. The first-order valence-corrected chi connectivity index (χ1v) is 5.91. The average Bonchev–Trinajstić information content (AvgIpc) is 2.74. The number of nitrogens with one attached hydrogen (secondary N) is 2. The van der Waals surface area contributed by atoms with Crippen LogP contribution >= 0.6 is 11.3 Å². The molecule has 2 N–H and O–H groups in total. The molecule has 0 saturated carbocycles. The van der Waals surface area contributed by atoms with E-state index in [2.05, 4.69) is 10.9 Å². The zero-order chi connectivity index (χ0) is 12.3. The largest absolute Gasteiger partial charge is 0.295 e. The normalized spacial score (nSPS) is 10.0. The molecule has 0 aliphatic rings. The van der Waals surface area contributed by atoms with Crippen LogP contribution in [-0.2, 0) is 0 Å². The average molecular weight is 250 g/mol. The molecule has 2 aromatic rings. The maximum absolute atomic E-state index is 13.3. The van der Waals surface area contributed by atoms with Crippen LogP contribution in [0.2, 0.25) is 0 Å². The van der Waals surface area contributed by atoms with E-state index in [-0.39, 0.29) is 11.6 Å². The van der Waals surface area contributed by atoms with Crippen molar-refractivity contribution < 1.29 is 9.18 Å². The van der Waals surface area contributed by atoms with Gasteiger partial charge in [-0.2, -0.15) is 0 Å². The maximum Gasteiger partial charge on any atom is 0.279 e. The second kappa shape index (κ2) is 4.97. The number of carbonyl (C=O) groups is 1. The van der Waals surface area contributed by atoms with E-state index < -0.39 is 5.82 Å². The van der Waals surface area contributed by atoms with Gasteiger partial charge in [-0.3, -0.25) is 15.6 Å². The Labute approximate surface area is 102 Å². The first-order chi connectivity index (χ1) is 8.18. The van der Waals surface area contributed by atoms with Crippen molar-refractivity contribution in [3.63, 3.8) is 0 Å². The second-order valence-electron chi connectivity index (χ2n) is 3.49. The number of halogens is 1. The molecule has 0 saturated heterocycles. The molecule has 88 valence electrons. The van der Waals surface area contributed by atoms with E-state index >= 15 is 0 Å². The second-order valence-corrected chi connectivity index (χ2v) is 4.41. The summed E-state index contributed by atoms with van der Waals surface area (Å²) in [5.41, 5.74) is 6.18. The molecule has 0 spiro atoms. The SMILES string of the molecule is Cc1ccsc1C(=O)NNc1ccccc1F. The van der Waals surface area contributed by atoms with Crippen LogP contribution in [0.3, 0.4) is 0 Å². The molecule has 5 heteroatoms. The van der Waals surface area contributed by atoms with Crippen LogP contribution in [0.5, 0.6) is 0 Å². The van der Waals surface area contributed by atoms with Gasteiger partial charge in [0.05, 0.1) is 10.6 Å². The molecule has 0 fully saturated rings. The van der Waals surface area contributed by atoms with Gasteiger partial charge in [0.2, 0.25) is 0 Å². The van der Waals surface area contributed by atoms with Crippen LogP contribution in [0, 0.1) is 12.7 Å². The summed E-state index contributed by atoms with van der Waals surface area (Å²) < 4.78 is 13.3. The summed E-state index contributed by atoms with van der Waals surface area (Å²) in [5, 5.41) is 1.84. The van der Waals surface area contributed by atoms with Crippen LogP contribution < -0.4 is 10.9 Å². The van der Waals surface area contributed by atoms with E-state index in [1.54, 1.807) is 18.2 Å². The Morgan fingerprint density at radius 2 is 2.06 bits per heavy atom. The molecule has 17 heavy (non-hydrogen) atoms. The summed E-state index contributed by atoms with van der Waals surface area (Å²) >= 11 is 1.35. The van der Waals surface area contributed by atoms with Gasteiger partial charge in [0.1, 0.15) is 5.82 Å². The summed E-state index contributed by atoms with van der Waals surface area (Å²) in [6.07, 6.45) is 0. The zero-order valence-electron chi connectivity index (χ0n) is 9.16. The van der Waals surface area contributed by atoms with E-state index in [0.29, 0.717) is 4.88 Å².